The number of rotatable bonds is 3. The second-order valence-corrected chi connectivity index (χ2v) is 5.15. The van der Waals surface area contributed by atoms with E-state index in [2.05, 4.69) is 26.1 Å². The highest BCUT2D eigenvalue weighted by atomic mass is 79.9. The number of halogens is 4. The molecule has 1 aliphatic heterocycles. The van der Waals surface area contributed by atoms with Gasteiger partial charge < -0.3 is 4.90 Å². The smallest absolute Gasteiger partial charge is 0.355 e. The first-order valence-corrected chi connectivity index (χ1v) is 6.84. The molecule has 1 fully saturated rings. The fraction of sp³-hybridized carbons (Fsp3) is 0.636. The highest BCUT2D eigenvalue weighted by Gasteiger charge is 2.33. The minimum atomic E-state index is -4.42. The zero-order chi connectivity index (χ0) is 13.2. The monoisotopic (exact) mass is 323 g/mol. The van der Waals surface area contributed by atoms with E-state index in [4.69, 9.17) is 0 Å². The third-order valence-corrected chi connectivity index (χ3v) is 3.53. The van der Waals surface area contributed by atoms with Crippen LogP contribution in [0.2, 0.25) is 0 Å². The van der Waals surface area contributed by atoms with Crippen molar-refractivity contribution in [1.29, 1.82) is 0 Å². The lowest BCUT2D eigenvalue weighted by Crippen LogP contribution is -2.22. The molecule has 1 saturated heterocycles. The van der Waals surface area contributed by atoms with Crippen LogP contribution in [0.3, 0.4) is 0 Å². The Bertz CT molecular complexity index is 394. The second kappa shape index (κ2) is 5.42. The summed E-state index contributed by atoms with van der Waals surface area (Å²) in [7, 11) is 0. The summed E-state index contributed by atoms with van der Waals surface area (Å²) in [6, 6.07) is 2.38. The van der Waals surface area contributed by atoms with Crippen LogP contribution in [0.1, 0.15) is 18.5 Å². The van der Waals surface area contributed by atoms with Gasteiger partial charge in [0.1, 0.15) is 0 Å². The van der Waals surface area contributed by atoms with E-state index < -0.39 is 11.9 Å². The summed E-state index contributed by atoms with van der Waals surface area (Å²) in [6.45, 7) is 1.67. The van der Waals surface area contributed by atoms with Crippen molar-refractivity contribution in [3.05, 3.63) is 17.8 Å². The van der Waals surface area contributed by atoms with Gasteiger partial charge in [-0.25, -0.2) is 0 Å². The van der Waals surface area contributed by atoms with Gasteiger partial charge in [0, 0.05) is 18.4 Å². The molecule has 2 heterocycles. The summed E-state index contributed by atoms with van der Waals surface area (Å²) in [4.78, 5) is 1.99. The van der Waals surface area contributed by atoms with Crippen LogP contribution in [-0.2, 0) is 6.18 Å². The van der Waals surface area contributed by atoms with Crippen molar-refractivity contribution < 1.29 is 13.2 Å². The van der Waals surface area contributed by atoms with Gasteiger partial charge in [-0.1, -0.05) is 15.9 Å². The van der Waals surface area contributed by atoms with E-state index >= 15 is 0 Å². The molecule has 1 aromatic rings. The summed E-state index contributed by atoms with van der Waals surface area (Å²) < 4.78 is 37.0. The number of hydrogen-bond acceptors (Lipinski definition) is 3. The Morgan fingerprint density at radius 3 is 2.67 bits per heavy atom. The molecule has 0 aliphatic carbocycles. The van der Waals surface area contributed by atoms with Crippen LogP contribution in [0.25, 0.3) is 0 Å². The molecular formula is C11H13BrF3N3. The molecule has 7 heteroatoms. The number of nitrogens with zero attached hydrogens (tertiary/aromatic N) is 3. The molecule has 2 rings (SSSR count). The molecule has 0 bridgehead atoms. The lowest BCUT2D eigenvalue weighted by molar-refractivity contribution is -0.141. The fourth-order valence-electron chi connectivity index (χ4n) is 2.08. The van der Waals surface area contributed by atoms with Crippen molar-refractivity contribution in [2.75, 3.05) is 23.3 Å². The average molecular weight is 324 g/mol. The quantitative estimate of drug-likeness (QED) is 0.800. The number of anilines is 1. The third kappa shape index (κ3) is 3.13. The van der Waals surface area contributed by atoms with Crippen molar-refractivity contribution in [3.63, 3.8) is 0 Å². The lowest BCUT2D eigenvalue weighted by atomic mass is 10.1. The summed E-state index contributed by atoms with van der Waals surface area (Å²) in [5, 5.41) is 7.85. The molecule has 0 N–H and O–H groups in total. The molecule has 3 nitrogen and oxygen atoms in total. The summed E-state index contributed by atoms with van der Waals surface area (Å²) in [5.74, 6) is 1.11. The number of aromatic nitrogens is 2. The molecule has 18 heavy (non-hydrogen) atoms. The van der Waals surface area contributed by atoms with Crippen LogP contribution in [0.4, 0.5) is 19.0 Å². The molecule has 0 amide bonds. The Morgan fingerprint density at radius 1 is 1.33 bits per heavy atom. The molecule has 0 radical (unpaired) electrons. The van der Waals surface area contributed by atoms with Gasteiger partial charge in [0.25, 0.3) is 0 Å². The van der Waals surface area contributed by atoms with Crippen LogP contribution in [-0.4, -0.2) is 28.6 Å². The van der Waals surface area contributed by atoms with Crippen molar-refractivity contribution in [2.45, 2.75) is 19.0 Å². The molecular weight excluding hydrogens is 311 g/mol. The van der Waals surface area contributed by atoms with Crippen molar-refractivity contribution in [3.8, 4) is 0 Å². The van der Waals surface area contributed by atoms with Crippen LogP contribution < -0.4 is 4.90 Å². The van der Waals surface area contributed by atoms with Gasteiger partial charge in [-0.15, -0.1) is 10.2 Å². The normalized spacial score (nSPS) is 20.4. The molecule has 0 spiro atoms. The van der Waals surface area contributed by atoms with E-state index in [0.29, 0.717) is 11.7 Å². The van der Waals surface area contributed by atoms with Crippen molar-refractivity contribution >= 4 is 21.7 Å². The van der Waals surface area contributed by atoms with E-state index in [1.54, 1.807) is 0 Å². The Hall–Kier alpha value is -0.850. The van der Waals surface area contributed by atoms with Crippen molar-refractivity contribution in [1.82, 2.24) is 10.2 Å². The Kier molecular flexibility index (Phi) is 4.09. The molecule has 1 unspecified atom stereocenters. The summed E-state index contributed by atoms with van der Waals surface area (Å²) in [6.07, 6.45) is -2.30. The van der Waals surface area contributed by atoms with Gasteiger partial charge in [-0.2, -0.15) is 13.2 Å². The average Bonchev–Trinajstić information content (AvgIpc) is 2.77. The van der Waals surface area contributed by atoms with E-state index in [0.717, 1.165) is 37.3 Å². The zero-order valence-electron chi connectivity index (χ0n) is 9.62. The first-order chi connectivity index (χ1) is 8.50. The Balaban J connectivity index is 2.03. The third-order valence-electron chi connectivity index (χ3n) is 3.07. The number of alkyl halides is 4. The van der Waals surface area contributed by atoms with Gasteiger partial charge in [0.15, 0.2) is 11.5 Å². The fourth-order valence-corrected chi connectivity index (χ4v) is 2.72. The SMILES string of the molecule is FC(F)(F)c1ccc(N2CCC(CCBr)C2)nn1. The molecule has 100 valence electrons. The summed E-state index contributed by atoms with van der Waals surface area (Å²) in [5.41, 5.74) is -0.942. The number of hydrogen-bond donors (Lipinski definition) is 0. The first-order valence-electron chi connectivity index (χ1n) is 5.72. The predicted octanol–water partition coefficient (Wildman–Crippen LogP) is 3.11. The maximum Gasteiger partial charge on any atom is 0.435 e. The van der Waals surface area contributed by atoms with E-state index in [1.165, 1.54) is 6.07 Å². The van der Waals surface area contributed by atoms with Gasteiger partial charge in [-0.3, -0.25) is 0 Å². The maximum absolute atomic E-state index is 12.3. The van der Waals surface area contributed by atoms with Gasteiger partial charge >= 0.3 is 6.18 Å². The standard InChI is InChI=1S/C11H13BrF3N3/c12-5-3-8-4-6-18(7-8)10-2-1-9(16-17-10)11(13,14)15/h1-2,8H,3-7H2. The van der Waals surface area contributed by atoms with Gasteiger partial charge in [-0.05, 0) is 30.9 Å². The van der Waals surface area contributed by atoms with Crippen LogP contribution in [0.5, 0.6) is 0 Å². The van der Waals surface area contributed by atoms with E-state index in [9.17, 15) is 13.2 Å². The molecule has 1 aromatic heterocycles. The molecule has 1 aliphatic rings. The molecule has 1 atom stereocenters. The zero-order valence-corrected chi connectivity index (χ0v) is 11.2. The minimum absolute atomic E-state index is 0.528. The Labute approximate surface area is 112 Å². The topological polar surface area (TPSA) is 29.0 Å². The minimum Gasteiger partial charge on any atom is -0.355 e. The van der Waals surface area contributed by atoms with E-state index in [-0.39, 0.29) is 0 Å². The van der Waals surface area contributed by atoms with Crippen LogP contribution in [0.15, 0.2) is 12.1 Å². The molecule has 0 aromatic carbocycles. The lowest BCUT2D eigenvalue weighted by Gasteiger charge is -2.17. The Morgan fingerprint density at radius 2 is 2.11 bits per heavy atom. The van der Waals surface area contributed by atoms with Gasteiger partial charge in [0.05, 0.1) is 0 Å². The molecule has 0 saturated carbocycles. The predicted molar refractivity (Wildman–Crippen MR) is 65.8 cm³/mol. The second-order valence-electron chi connectivity index (χ2n) is 4.35. The maximum atomic E-state index is 12.3. The van der Waals surface area contributed by atoms with Gasteiger partial charge in [0.2, 0.25) is 0 Å². The highest BCUT2D eigenvalue weighted by molar-refractivity contribution is 9.09. The van der Waals surface area contributed by atoms with Crippen LogP contribution >= 0.6 is 15.9 Å². The van der Waals surface area contributed by atoms with Crippen LogP contribution in [0, 0.1) is 5.92 Å². The highest BCUT2D eigenvalue weighted by Crippen LogP contribution is 2.29. The largest absolute Gasteiger partial charge is 0.435 e. The van der Waals surface area contributed by atoms with E-state index in [1.807, 2.05) is 4.90 Å². The summed E-state index contributed by atoms with van der Waals surface area (Å²) >= 11 is 3.40. The first kappa shape index (κ1) is 13.6. The van der Waals surface area contributed by atoms with Crippen molar-refractivity contribution in [2.24, 2.45) is 5.92 Å².